The topological polar surface area (TPSA) is 149 Å². The monoisotopic (exact) mass is 331 g/mol. The molecule has 2 aromatic rings. The summed E-state index contributed by atoms with van der Waals surface area (Å²) in [6.45, 7) is 0.544. The zero-order valence-electron chi connectivity index (χ0n) is 12.6. The van der Waals surface area contributed by atoms with Crippen molar-refractivity contribution in [1.29, 1.82) is 0 Å². The molecule has 2 aromatic carbocycles. The fraction of sp³-hybridized carbons (Fsp3) is 0.0667. The summed E-state index contributed by atoms with van der Waals surface area (Å²) in [5.74, 6) is 0.733. The molecule has 0 bridgehead atoms. The van der Waals surface area contributed by atoms with Gasteiger partial charge in [0.1, 0.15) is 12.4 Å². The lowest BCUT2D eigenvalue weighted by atomic mass is 10.2. The first kappa shape index (κ1) is 18.4. The van der Waals surface area contributed by atoms with Crippen molar-refractivity contribution in [2.24, 2.45) is 21.7 Å². The molecular weight excluding hydrogens is 314 g/mol. The second-order valence-electron chi connectivity index (χ2n) is 4.35. The molecular formula is C15H17N5O4. The first-order chi connectivity index (χ1) is 11.5. The summed E-state index contributed by atoms with van der Waals surface area (Å²) in [5, 5.41) is 20.9. The van der Waals surface area contributed by atoms with E-state index in [-0.39, 0.29) is 5.96 Å². The molecule has 5 N–H and O–H groups in total. The molecule has 9 heteroatoms. The van der Waals surface area contributed by atoms with E-state index in [1.54, 1.807) is 6.21 Å². The highest BCUT2D eigenvalue weighted by Gasteiger charge is 1.95. The van der Waals surface area contributed by atoms with Gasteiger partial charge in [-0.15, -0.1) is 15.2 Å². The van der Waals surface area contributed by atoms with Gasteiger partial charge in [0.2, 0.25) is 5.96 Å². The Morgan fingerprint density at radius 2 is 1.75 bits per heavy atom. The summed E-state index contributed by atoms with van der Waals surface area (Å²) < 4.78 is 5.68. The van der Waals surface area contributed by atoms with Gasteiger partial charge in [-0.3, -0.25) is 0 Å². The lowest BCUT2D eigenvalue weighted by Gasteiger charge is -2.06. The van der Waals surface area contributed by atoms with Gasteiger partial charge in [0.15, 0.2) is 0 Å². The van der Waals surface area contributed by atoms with Crippen LogP contribution >= 0.6 is 0 Å². The smallest absolute Gasteiger partial charge is 0.291 e. The summed E-state index contributed by atoms with van der Waals surface area (Å²) in [4.78, 5) is 8.36. The van der Waals surface area contributed by atoms with Crippen molar-refractivity contribution in [3.63, 3.8) is 0 Å². The highest BCUT2D eigenvalue weighted by molar-refractivity contribution is 5.81. The van der Waals surface area contributed by atoms with Crippen LogP contribution in [0.4, 0.5) is 0 Å². The molecule has 0 aliphatic carbocycles. The van der Waals surface area contributed by atoms with Crippen molar-refractivity contribution >= 4 is 12.2 Å². The number of nitrogens with two attached hydrogens (primary N) is 2. The van der Waals surface area contributed by atoms with Gasteiger partial charge in [-0.1, -0.05) is 30.3 Å². The number of rotatable bonds is 5. The molecule has 24 heavy (non-hydrogen) atoms. The Bertz CT molecular complexity index is 679. The molecule has 126 valence electrons. The van der Waals surface area contributed by atoms with Crippen LogP contribution in [0.25, 0.3) is 0 Å². The van der Waals surface area contributed by atoms with Crippen molar-refractivity contribution in [3.05, 3.63) is 75.8 Å². The van der Waals surface area contributed by atoms with Crippen LogP contribution in [-0.2, 0) is 6.61 Å². The Morgan fingerprint density at radius 1 is 1.17 bits per heavy atom. The van der Waals surface area contributed by atoms with E-state index in [9.17, 15) is 0 Å². The molecule has 0 aromatic heterocycles. The van der Waals surface area contributed by atoms with Crippen molar-refractivity contribution in [3.8, 4) is 5.75 Å². The summed E-state index contributed by atoms with van der Waals surface area (Å²) >= 11 is 0. The Kier molecular flexibility index (Phi) is 7.80. The Labute approximate surface area is 138 Å². The Morgan fingerprint density at radius 3 is 2.29 bits per heavy atom. The fourth-order valence-electron chi connectivity index (χ4n) is 1.55. The van der Waals surface area contributed by atoms with E-state index < -0.39 is 5.09 Å². The zero-order valence-corrected chi connectivity index (χ0v) is 12.6. The molecule has 0 atom stereocenters. The number of ether oxygens (including phenoxy) is 1. The van der Waals surface area contributed by atoms with Gasteiger partial charge in [-0.2, -0.15) is 5.10 Å². The van der Waals surface area contributed by atoms with Gasteiger partial charge in [0.25, 0.3) is 5.09 Å². The molecule has 0 saturated heterocycles. The fourth-order valence-corrected chi connectivity index (χ4v) is 1.55. The summed E-state index contributed by atoms with van der Waals surface area (Å²) in [6.07, 6.45) is 1.57. The predicted molar refractivity (Wildman–Crippen MR) is 89.4 cm³/mol. The van der Waals surface area contributed by atoms with E-state index >= 15 is 0 Å². The van der Waals surface area contributed by atoms with Crippen molar-refractivity contribution in [2.75, 3.05) is 0 Å². The SMILES string of the molecule is NC(N)=N/N=C/c1ccc(OCc2ccccc2)cc1.O=[N+]([O-])O. The predicted octanol–water partition coefficient (Wildman–Crippen LogP) is 1.53. The largest absolute Gasteiger partial charge is 0.489 e. The highest BCUT2D eigenvalue weighted by atomic mass is 16.9. The van der Waals surface area contributed by atoms with E-state index in [1.165, 1.54) is 0 Å². The molecule has 0 heterocycles. The molecule has 0 fully saturated rings. The highest BCUT2D eigenvalue weighted by Crippen LogP contribution is 2.13. The standard InChI is InChI=1S/C15H16N4O.HNO3/c16-15(17)19-18-10-12-6-8-14(9-7-12)20-11-13-4-2-1-3-5-13;2-1(3)4/h1-10H,11H2,(H4,16,17,19);(H,2,3,4)/b18-10+;. The molecule has 9 nitrogen and oxygen atoms in total. The summed E-state index contributed by atoms with van der Waals surface area (Å²) in [6, 6.07) is 17.5. The molecule has 0 spiro atoms. The third-order valence-corrected chi connectivity index (χ3v) is 2.51. The number of nitrogens with zero attached hydrogens (tertiary/aromatic N) is 3. The van der Waals surface area contributed by atoms with Crippen LogP contribution in [0.1, 0.15) is 11.1 Å². The maximum absolute atomic E-state index is 8.36. The van der Waals surface area contributed by atoms with Gasteiger partial charge in [-0.25, -0.2) is 0 Å². The van der Waals surface area contributed by atoms with Crippen LogP contribution in [0.3, 0.4) is 0 Å². The van der Waals surface area contributed by atoms with Crippen LogP contribution < -0.4 is 16.2 Å². The van der Waals surface area contributed by atoms with Crippen LogP contribution in [0.5, 0.6) is 5.75 Å². The minimum atomic E-state index is -1.50. The van der Waals surface area contributed by atoms with Crippen molar-refractivity contribution < 1.29 is 15.0 Å². The lowest BCUT2D eigenvalue weighted by molar-refractivity contribution is -0.742. The minimum absolute atomic E-state index is 0.0657. The van der Waals surface area contributed by atoms with Crippen molar-refractivity contribution in [1.82, 2.24) is 0 Å². The lowest BCUT2D eigenvalue weighted by Crippen LogP contribution is -2.21. The maximum Gasteiger partial charge on any atom is 0.291 e. The average Bonchev–Trinajstić information content (AvgIpc) is 2.54. The number of hydrogen-bond acceptors (Lipinski definition) is 5. The van der Waals surface area contributed by atoms with Gasteiger partial charge in [0, 0.05) is 0 Å². The second kappa shape index (κ2) is 10.2. The zero-order chi connectivity index (χ0) is 17.8. The molecule has 0 unspecified atom stereocenters. The maximum atomic E-state index is 8.36. The van der Waals surface area contributed by atoms with Crippen LogP contribution in [0.2, 0.25) is 0 Å². The average molecular weight is 331 g/mol. The number of benzene rings is 2. The van der Waals surface area contributed by atoms with E-state index in [1.807, 2.05) is 54.6 Å². The Balaban J connectivity index is 0.000000648. The third kappa shape index (κ3) is 8.62. The summed E-state index contributed by atoms with van der Waals surface area (Å²) in [5.41, 5.74) is 12.4. The second-order valence-corrected chi connectivity index (χ2v) is 4.35. The van der Waals surface area contributed by atoms with Gasteiger partial charge in [0.05, 0.1) is 6.21 Å². The van der Waals surface area contributed by atoms with E-state index in [0.29, 0.717) is 6.61 Å². The molecule has 0 aliphatic heterocycles. The third-order valence-electron chi connectivity index (χ3n) is 2.51. The van der Waals surface area contributed by atoms with Gasteiger partial charge < -0.3 is 21.4 Å². The van der Waals surface area contributed by atoms with E-state index in [2.05, 4.69) is 10.2 Å². The van der Waals surface area contributed by atoms with Gasteiger partial charge >= 0.3 is 0 Å². The summed E-state index contributed by atoms with van der Waals surface area (Å²) in [7, 11) is 0. The minimum Gasteiger partial charge on any atom is -0.489 e. The molecule has 0 radical (unpaired) electrons. The molecule has 0 aliphatic rings. The van der Waals surface area contributed by atoms with Crippen molar-refractivity contribution in [2.45, 2.75) is 6.61 Å². The first-order valence-corrected chi connectivity index (χ1v) is 6.69. The van der Waals surface area contributed by atoms with Gasteiger partial charge in [-0.05, 0) is 35.4 Å². The van der Waals surface area contributed by atoms with E-state index in [0.717, 1.165) is 16.9 Å². The van der Waals surface area contributed by atoms with Crippen LogP contribution in [0.15, 0.2) is 64.8 Å². The molecule has 0 saturated carbocycles. The van der Waals surface area contributed by atoms with E-state index in [4.69, 9.17) is 31.5 Å². The normalized spacial score (nSPS) is 9.67. The van der Waals surface area contributed by atoms with Crippen LogP contribution in [0, 0.1) is 10.1 Å². The molecule has 2 rings (SSSR count). The Hall–Kier alpha value is -3.62. The quantitative estimate of drug-likeness (QED) is 0.327. The first-order valence-electron chi connectivity index (χ1n) is 6.69. The molecule has 0 amide bonds. The van der Waals surface area contributed by atoms with Crippen LogP contribution in [-0.4, -0.2) is 22.5 Å². The number of hydrogen-bond donors (Lipinski definition) is 3. The number of guanidine groups is 1.